The van der Waals surface area contributed by atoms with E-state index in [0.29, 0.717) is 310 Å². The molecule has 2 aromatic carbocycles. The number of unbranched alkanes of at least 4 members (excludes halogenated alkanes) is 2. The Morgan fingerprint density at radius 3 is 0.952 bits per heavy atom. The third-order valence-electron chi connectivity index (χ3n) is 17.2. The van der Waals surface area contributed by atoms with Gasteiger partial charge in [-0.2, -0.15) is 4.58 Å². The van der Waals surface area contributed by atoms with Crippen molar-refractivity contribution in [2.24, 2.45) is 0 Å². The molecule has 0 radical (unpaired) electrons. The highest BCUT2D eigenvalue weighted by Crippen LogP contribution is 2.57. The second-order valence-electron chi connectivity index (χ2n) is 25.0. The molecule has 0 fully saturated rings. The summed E-state index contributed by atoms with van der Waals surface area (Å²) >= 11 is 0. The third kappa shape index (κ3) is 43.0. The number of fused-ring (bicyclic) bond motifs is 4. The van der Waals surface area contributed by atoms with Crippen molar-refractivity contribution in [3.63, 3.8) is 0 Å². The van der Waals surface area contributed by atoms with Crippen LogP contribution >= 0.6 is 0 Å². The van der Waals surface area contributed by atoms with Crippen LogP contribution in [0.1, 0.15) is 88.8 Å². The average Bonchev–Trinajstić information content (AvgIpc) is 1.54. The molecule has 0 spiro atoms. The largest absolute Gasteiger partial charge is 0.481 e. The molecule has 1 heterocycles. The minimum Gasteiger partial charge on any atom is -0.481 e. The number of benzene rings is 2. The summed E-state index contributed by atoms with van der Waals surface area (Å²) in [6, 6.07) is 13.0. The van der Waals surface area contributed by atoms with Crippen LogP contribution < -0.4 is 10.6 Å². The minimum absolute atomic E-state index is 0.104. The number of aliphatic carboxylic acids is 1. The number of carboxylic acids is 1. The molecular weight excluding hydrogens is 1370 g/mol. The van der Waals surface area contributed by atoms with E-state index in [-0.39, 0.29) is 36.5 Å². The van der Waals surface area contributed by atoms with Crippen molar-refractivity contribution in [3.05, 3.63) is 53.1 Å². The Hall–Kier alpha value is -4.36. The van der Waals surface area contributed by atoms with Crippen LogP contribution in [0.15, 0.2) is 36.4 Å². The van der Waals surface area contributed by atoms with E-state index in [0.717, 1.165) is 47.3 Å². The van der Waals surface area contributed by atoms with E-state index in [1.807, 2.05) is 6.07 Å². The van der Waals surface area contributed by atoms with Crippen LogP contribution in [0.4, 0.5) is 5.69 Å². The molecule has 0 bridgehead atoms. The first-order valence-electron chi connectivity index (χ1n) is 37.7. The van der Waals surface area contributed by atoms with Gasteiger partial charge in [0.1, 0.15) is 6.54 Å². The lowest BCUT2D eigenvalue weighted by Gasteiger charge is -2.32. The summed E-state index contributed by atoms with van der Waals surface area (Å²) < 4.78 is 123. The van der Waals surface area contributed by atoms with E-state index >= 15 is 0 Å². The molecule has 29 nitrogen and oxygen atoms in total. The fourth-order valence-corrected chi connectivity index (χ4v) is 11.4. The Bertz CT molecular complexity index is 2430. The number of carbonyl (C=O) groups excluding carboxylic acids is 2. The fraction of sp³-hybridized carbons (Fsp3) is 0.789. The highest BCUT2D eigenvalue weighted by Gasteiger charge is 2.49. The van der Waals surface area contributed by atoms with Crippen molar-refractivity contribution in [2.75, 3.05) is 311 Å². The molecule has 2 aliphatic rings. The lowest BCUT2D eigenvalue weighted by Crippen LogP contribution is -2.34. The average molecular weight is 1500 g/mol. The molecule has 0 saturated heterocycles. The number of methoxy groups -OCH3 is 2. The van der Waals surface area contributed by atoms with Gasteiger partial charge in [0.25, 0.3) is 0 Å². The van der Waals surface area contributed by atoms with Crippen molar-refractivity contribution in [2.45, 2.75) is 83.0 Å². The number of carboxylic acid groups (broad SMARTS) is 1. The normalized spacial score (nSPS) is 13.5. The summed E-state index contributed by atoms with van der Waals surface area (Å²) in [5.41, 5.74) is 7.10. The van der Waals surface area contributed by atoms with Gasteiger partial charge in [0.2, 0.25) is 17.5 Å². The van der Waals surface area contributed by atoms with Gasteiger partial charge < -0.3 is 120 Å². The van der Waals surface area contributed by atoms with E-state index in [4.69, 9.17) is 104 Å². The molecule has 29 heteroatoms. The maximum atomic E-state index is 13.8. The molecule has 1 aliphatic carbocycles. The minimum atomic E-state index is -0.782. The Labute approximate surface area is 624 Å². The number of hydrogen-bond donors (Lipinski definition) is 3. The van der Waals surface area contributed by atoms with Crippen LogP contribution in [-0.4, -0.2) is 345 Å². The number of rotatable bonds is 78. The number of ether oxygens (including phenoxy) is 22. The second-order valence-corrected chi connectivity index (χ2v) is 25.0. The Morgan fingerprint density at radius 2 is 0.648 bits per heavy atom. The predicted molar refractivity (Wildman–Crippen MR) is 392 cm³/mol. The van der Waals surface area contributed by atoms with Crippen LogP contribution in [0.5, 0.6) is 0 Å². The van der Waals surface area contributed by atoms with E-state index in [9.17, 15) is 19.5 Å². The number of nitrogens with one attached hydrogen (secondary N) is 2. The molecule has 105 heavy (non-hydrogen) atoms. The van der Waals surface area contributed by atoms with Crippen molar-refractivity contribution >= 4 is 29.2 Å². The van der Waals surface area contributed by atoms with Gasteiger partial charge in [0, 0.05) is 77.0 Å². The molecule has 0 unspecified atom stereocenters. The molecule has 0 saturated carbocycles. The molecule has 1 aliphatic heterocycles. The SMILES string of the molecule is COCCOCCOCCOCCOCCOCCOCCOCCOCCOCCOCCNC(=O)CCC1(CCC(=O)NCCOCCOCCOCCOCCOCCOCCOCCOCCOCCOCCOC)c2ccccc2-c2cc3c(cc21)[N+](CCCCCC(=O)O)=C(C)C3(C)C. The van der Waals surface area contributed by atoms with Gasteiger partial charge in [-0.1, -0.05) is 24.3 Å². The molecule has 2 aromatic rings. The van der Waals surface area contributed by atoms with Crippen LogP contribution in [0.3, 0.4) is 0 Å². The first-order chi connectivity index (χ1) is 51.6. The highest BCUT2D eigenvalue weighted by atomic mass is 16.6. The summed E-state index contributed by atoms with van der Waals surface area (Å²) in [4.78, 5) is 38.9. The van der Waals surface area contributed by atoms with E-state index in [1.54, 1.807) is 14.2 Å². The van der Waals surface area contributed by atoms with Crippen molar-refractivity contribution in [1.29, 1.82) is 0 Å². The van der Waals surface area contributed by atoms with Crippen molar-refractivity contribution in [3.8, 4) is 11.1 Å². The number of amides is 2. The van der Waals surface area contributed by atoms with Gasteiger partial charge in [-0.3, -0.25) is 14.4 Å². The molecular formula is C76H130N3O26+. The maximum absolute atomic E-state index is 13.8. The van der Waals surface area contributed by atoms with Crippen LogP contribution in [0.25, 0.3) is 11.1 Å². The third-order valence-corrected chi connectivity index (χ3v) is 17.2. The topological polar surface area (TPSA) is 302 Å². The Morgan fingerprint density at radius 1 is 0.352 bits per heavy atom. The quantitative estimate of drug-likeness (QED) is 0.0551. The first-order valence-corrected chi connectivity index (χ1v) is 37.7. The lowest BCUT2D eigenvalue weighted by molar-refractivity contribution is -0.439. The molecule has 604 valence electrons. The lowest BCUT2D eigenvalue weighted by atomic mass is 9.70. The van der Waals surface area contributed by atoms with E-state index in [1.165, 1.54) is 11.3 Å². The van der Waals surface area contributed by atoms with Gasteiger partial charge in [-0.05, 0) is 67.9 Å². The highest BCUT2D eigenvalue weighted by molar-refractivity contribution is 5.95. The van der Waals surface area contributed by atoms with Gasteiger partial charge in [0.15, 0.2) is 5.71 Å². The number of carbonyl (C=O) groups is 3. The summed E-state index contributed by atoms with van der Waals surface area (Å²) in [6.45, 7) is 27.7. The van der Waals surface area contributed by atoms with E-state index in [2.05, 4.69) is 66.3 Å². The number of hydrogen-bond acceptors (Lipinski definition) is 25. The van der Waals surface area contributed by atoms with Gasteiger partial charge in [-0.15, -0.1) is 0 Å². The predicted octanol–water partition coefficient (Wildman–Crippen LogP) is 5.41. The summed E-state index contributed by atoms with van der Waals surface area (Å²) in [5.74, 6) is -0.990. The number of nitrogens with zero attached hydrogens (tertiary/aromatic N) is 1. The second kappa shape index (κ2) is 63.4. The van der Waals surface area contributed by atoms with Gasteiger partial charge >= 0.3 is 5.97 Å². The summed E-state index contributed by atoms with van der Waals surface area (Å²) in [6.07, 6.45) is 3.82. The monoisotopic (exact) mass is 1500 g/mol. The molecule has 3 N–H and O–H groups in total. The summed E-state index contributed by atoms with van der Waals surface area (Å²) in [7, 11) is 3.28. The van der Waals surface area contributed by atoms with Crippen LogP contribution in [-0.2, 0) is 129 Å². The molecule has 0 aromatic heterocycles. The zero-order chi connectivity index (χ0) is 75.0. The first kappa shape index (κ1) is 93.0. The van der Waals surface area contributed by atoms with Gasteiger partial charge in [-0.25, -0.2) is 0 Å². The zero-order valence-electron chi connectivity index (χ0n) is 64.0. The molecule has 2 amide bonds. The standard InChI is InChI=1S/C76H129N3O26/c1-65-75(2,3)70-63-67-66-11-8-9-12-68(66)76(69(67)64-71(70)79(65)20-10-6-7-13-74(82)83,16-14-72(80)77-18-21-86-27-29-90-35-37-94-43-45-98-51-53-102-59-61-104-57-55-100-49-47-96-41-39-92-33-31-88-25-23-84-4)17-15-73(81)78-19-22-87-28-30-91-36-38-95-44-46-99-52-54-103-60-62-105-58-56-101-50-48-97-42-40-93-34-32-89-26-24-85-5/h8-9,11-12,63-64H,6-7,10,13-62H2,1-5H3,(H2-,77,78,80,81,82,83)/p+1. The smallest absolute Gasteiger partial charge is 0.303 e. The summed E-state index contributed by atoms with van der Waals surface area (Å²) in [5, 5.41) is 15.4. The molecule has 4 rings (SSSR count). The fourth-order valence-electron chi connectivity index (χ4n) is 11.4. The molecule has 0 atom stereocenters. The van der Waals surface area contributed by atoms with E-state index < -0.39 is 11.4 Å². The van der Waals surface area contributed by atoms with Crippen molar-refractivity contribution in [1.82, 2.24) is 10.6 Å². The Kier molecular flexibility index (Phi) is 56.2. The van der Waals surface area contributed by atoms with Crippen LogP contribution in [0.2, 0.25) is 0 Å². The van der Waals surface area contributed by atoms with Crippen molar-refractivity contribution < 1.29 is 128 Å². The Balaban J connectivity index is 1.05. The van der Waals surface area contributed by atoms with Gasteiger partial charge in [0.05, 0.1) is 283 Å². The maximum Gasteiger partial charge on any atom is 0.303 e. The zero-order valence-corrected chi connectivity index (χ0v) is 64.0. The van der Waals surface area contributed by atoms with Crippen LogP contribution in [0, 0.1) is 0 Å².